The van der Waals surface area contributed by atoms with Crippen molar-refractivity contribution < 1.29 is 13.5 Å². The molecule has 32 heavy (non-hydrogen) atoms. The van der Waals surface area contributed by atoms with Crippen molar-refractivity contribution in [3.8, 4) is 28.9 Å². The number of methoxy groups -OCH3 is 1. The summed E-state index contributed by atoms with van der Waals surface area (Å²) in [4.78, 5) is 9.17. The largest absolute Gasteiger partial charge is 0.495 e. The van der Waals surface area contributed by atoms with Gasteiger partial charge in [0.2, 0.25) is 11.7 Å². The van der Waals surface area contributed by atoms with Crippen molar-refractivity contribution in [2.45, 2.75) is 0 Å². The fourth-order valence-electron chi connectivity index (χ4n) is 3.17. The second kappa shape index (κ2) is 8.24. The van der Waals surface area contributed by atoms with E-state index in [1.54, 1.807) is 31.4 Å². The summed E-state index contributed by atoms with van der Waals surface area (Å²) in [5.41, 5.74) is 2.02. The summed E-state index contributed by atoms with van der Waals surface area (Å²) >= 11 is 6.26. The fourth-order valence-corrected chi connectivity index (χ4v) is 3.43. The lowest BCUT2D eigenvalue weighted by Gasteiger charge is -2.11. The molecule has 9 heteroatoms. The number of aromatic nitrogens is 4. The Bertz CT molecular complexity index is 1420. The lowest BCUT2D eigenvalue weighted by molar-refractivity contribution is 0.415. The molecule has 0 unspecified atom stereocenters. The summed E-state index contributed by atoms with van der Waals surface area (Å²) in [6.45, 7) is 0. The van der Waals surface area contributed by atoms with Gasteiger partial charge < -0.3 is 14.5 Å². The number of nitrogens with zero attached hydrogens (tertiary/aromatic N) is 4. The highest BCUT2D eigenvalue weighted by Gasteiger charge is 2.16. The Balaban J connectivity index is 1.55. The molecule has 158 valence electrons. The van der Waals surface area contributed by atoms with Crippen molar-refractivity contribution in [3.05, 3.63) is 77.6 Å². The Labute approximate surface area is 186 Å². The topological polar surface area (TPSA) is 86.0 Å². The fraction of sp³-hybridized carbons (Fsp3) is 0.0435. The van der Waals surface area contributed by atoms with Gasteiger partial charge in [-0.3, -0.25) is 0 Å². The average molecular weight is 448 g/mol. The molecule has 0 saturated carbocycles. The molecule has 0 bridgehead atoms. The minimum Gasteiger partial charge on any atom is -0.495 e. The number of hydrogen-bond donors (Lipinski definition) is 1. The number of hydrogen-bond acceptors (Lipinski definition) is 7. The number of fused-ring (bicyclic) bond motifs is 1. The average Bonchev–Trinajstić information content (AvgIpc) is 3.30. The van der Waals surface area contributed by atoms with Gasteiger partial charge in [-0.2, -0.15) is 0 Å². The number of ether oxygens (including phenoxy) is 1. The molecule has 0 fully saturated rings. The van der Waals surface area contributed by atoms with Crippen molar-refractivity contribution >= 4 is 34.0 Å². The second-order valence-electron chi connectivity index (χ2n) is 6.81. The van der Waals surface area contributed by atoms with Gasteiger partial charge in [-0.25, -0.2) is 14.4 Å². The molecule has 7 nitrogen and oxygen atoms in total. The summed E-state index contributed by atoms with van der Waals surface area (Å²) in [5, 5.41) is 12.7. The molecule has 3 aromatic carbocycles. The maximum absolute atomic E-state index is 13.2. The van der Waals surface area contributed by atoms with Gasteiger partial charge in [0.05, 0.1) is 17.6 Å². The first kappa shape index (κ1) is 19.9. The van der Waals surface area contributed by atoms with Crippen LogP contribution in [-0.2, 0) is 0 Å². The highest BCUT2D eigenvalue weighted by molar-refractivity contribution is 6.32. The monoisotopic (exact) mass is 447 g/mol. The maximum atomic E-state index is 13.2. The zero-order valence-electron chi connectivity index (χ0n) is 16.7. The molecule has 0 saturated heterocycles. The van der Waals surface area contributed by atoms with E-state index in [-0.39, 0.29) is 23.4 Å². The molecule has 0 amide bonds. The Kier molecular flexibility index (Phi) is 5.12. The molecular weight excluding hydrogens is 433 g/mol. The summed E-state index contributed by atoms with van der Waals surface area (Å²) in [6.07, 6.45) is 0. The van der Waals surface area contributed by atoms with Crippen LogP contribution < -0.4 is 10.1 Å². The quantitative estimate of drug-likeness (QED) is 0.359. The maximum Gasteiger partial charge on any atom is 0.286 e. The van der Waals surface area contributed by atoms with E-state index in [2.05, 4.69) is 25.5 Å². The van der Waals surface area contributed by atoms with E-state index in [1.807, 2.05) is 30.3 Å². The van der Waals surface area contributed by atoms with Crippen LogP contribution >= 0.6 is 11.6 Å². The molecule has 0 spiro atoms. The van der Waals surface area contributed by atoms with Gasteiger partial charge in [-0.1, -0.05) is 23.7 Å². The summed E-state index contributed by atoms with van der Waals surface area (Å²) in [5.74, 6) is 1.42. The molecule has 5 aromatic rings. The first-order valence-corrected chi connectivity index (χ1v) is 9.95. The highest BCUT2D eigenvalue weighted by atomic mass is 35.5. The predicted octanol–water partition coefficient (Wildman–Crippen LogP) is 5.89. The van der Waals surface area contributed by atoms with Crippen LogP contribution in [0.2, 0.25) is 5.02 Å². The molecule has 0 atom stereocenters. The van der Waals surface area contributed by atoms with E-state index in [4.69, 9.17) is 20.8 Å². The van der Waals surface area contributed by atoms with E-state index in [1.165, 1.54) is 12.1 Å². The highest BCUT2D eigenvalue weighted by Crippen LogP contribution is 2.31. The Morgan fingerprint density at radius 1 is 0.938 bits per heavy atom. The van der Waals surface area contributed by atoms with Crippen molar-refractivity contribution in [2.75, 3.05) is 12.4 Å². The summed E-state index contributed by atoms with van der Waals surface area (Å²) in [7, 11) is 1.56. The van der Waals surface area contributed by atoms with Gasteiger partial charge >= 0.3 is 0 Å². The lowest BCUT2D eigenvalue weighted by Crippen LogP contribution is -2.00. The van der Waals surface area contributed by atoms with Gasteiger partial charge in [0.15, 0.2) is 0 Å². The van der Waals surface area contributed by atoms with Gasteiger partial charge in [-0.15, -0.1) is 10.2 Å². The minimum absolute atomic E-state index is 0.144. The van der Waals surface area contributed by atoms with E-state index in [9.17, 15) is 4.39 Å². The summed E-state index contributed by atoms with van der Waals surface area (Å²) in [6, 6.07) is 18.7. The Morgan fingerprint density at radius 3 is 2.50 bits per heavy atom. The van der Waals surface area contributed by atoms with Crippen LogP contribution in [0.25, 0.3) is 34.1 Å². The zero-order valence-corrected chi connectivity index (χ0v) is 17.5. The van der Waals surface area contributed by atoms with Crippen LogP contribution in [-0.4, -0.2) is 27.3 Å². The van der Waals surface area contributed by atoms with E-state index in [0.717, 1.165) is 11.1 Å². The molecular formula is C23H15ClFN5O2. The third-order valence-electron chi connectivity index (χ3n) is 4.73. The normalized spacial score (nSPS) is 11.0. The van der Waals surface area contributed by atoms with Gasteiger partial charge in [-0.05, 0) is 54.6 Å². The molecule has 2 heterocycles. The first-order valence-electron chi connectivity index (χ1n) is 9.58. The minimum atomic E-state index is -0.347. The van der Waals surface area contributed by atoms with Crippen molar-refractivity contribution in [2.24, 2.45) is 0 Å². The van der Waals surface area contributed by atoms with Crippen LogP contribution in [0.5, 0.6) is 5.75 Å². The van der Waals surface area contributed by atoms with E-state index >= 15 is 0 Å². The van der Waals surface area contributed by atoms with Crippen molar-refractivity contribution in [1.29, 1.82) is 0 Å². The van der Waals surface area contributed by atoms with Crippen LogP contribution in [0.3, 0.4) is 0 Å². The lowest BCUT2D eigenvalue weighted by atomic mass is 10.2. The standard InChI is InChI=1S/C23H15ClFN5O2/c1-31-19-11-10-15(12-17(19)24)26-20-16-4-2-3-5-18(16)27-21(28-20)23-30-29-22(32-23)13-6-8-14(25)9-7-13/h2-12H,1H3,(H,26,27,28). The van der Waals surface area contributed by atoms with Crippen molar-refractivity contribution in [1.82, 2.24) is 20.2 Å². The number of para-hydroxylation sites is 1. The second-order valence-corrected chi connectivity index (χ2v) is 7.21. The number of halogens is 2. The molecule has 0 aliphatic carbocycles. The zero-order chi connectivity index (χ0) is 22.1. The van der Waals surface area contributed by atoms with Crippen LogP contribution in [0.1, 0.15) is 0 Å². The number of anilines is 2. The number of benzene rings is 3. The van der Waals surface area contributed by atoms with Crippen LogP contribution in [0.4, 0.5) is 15.9 Å². The summed E-state index contributed by atoms with van der Waals surface area (Å²) < 4.78 is 24.2. The first-order chi connectivity index (χ1) is 15.6. The molecule has 0 radical (unpaired) electrons. The van der Waals surface area contributed by atoms with Crippen LogP contribution in [0, 0.1) is 5.82 Å². The predicted molar refractivity (Wildman–Crippen MR) is 120 cm³/mol. The SMILES string of the molecule is COc1ccc(Nc2nc(-c3nnc(-c4ccc(F)cc4)o3)nc3ccccc23)cc1Cl. The van der Waals surface area contributed by atoms with E-state index in [0.29, 0.717) is 27.7 Å². The van der Waals surface area contributed by atoms with Crippen molar-refractivity contribution in [3.63, 3.8) is 0 Å². The third-order valence-corrected chi connectivity index (χ3v) is 5.02. The van der Waals surface area contributed by atoms with Gasteiger partial charge in [0.1, 0.15) is 17.4 Å². The van der Waals surface area contributed by atoms with Gasteiger partial charge in [0, 0.05) is 16.6 Å². The smallest absolute Gasteiger partial charge is 0.286 e. The van der Waals surface area contributed by atoms with Gasteiger partial charge in [0.25, 0.3) is 5.89 Å². The molecule has 0 aliphatic heterocycles. The Morgan fingerprint density at radius 2 is 1.72 bits per heavy atom. The third kappa shape index (κ3) is 3.83. The number of rotatable bonds is 5. The molecule has 0 aliphatic rings. The molecule has 1 N–H and O–H groups in total. The number of nitrogens with one attached hydrogen (secondary N) is 1. The molecule has 2 aromatic heterocycles. The Hall–Kier alpha value is -4.04. The molecule has 5 rings (SSSR count). The van der Waals surface area contributed by atoms with Crippen LogP contribution in [0.15, 0.2) is 71.1 Å². The van der Waals surface area contributed by atoms with E-state index < -0.39 is 0 Å².